The van der Waals surface area contributed by atoms with E-state index in [0.717, 1.165) is 6.42 Å². The van der Waals surface area contributed by atoms with Crippen LogP contribution >= 0.6 is 0 Å². The molecule has 0 aliphatic heterocycles. The Kier molecular flexibility index (Phi) is 5.76. The highest BCUT2D eigenvalue weighted by molar-refractivity contribution is 5.86. The fourth-order valence-electron chi connectivity index (χ4n) is 1.15. The van der Waals surface area contributed by atoms with Gasteiger partial charge in [-0.1, -0.05) is 13.3 Å². The largest absolute Gasteiger partial charge is 0.300 e. The normalized spacial score (nSPS) is 11.8. The van der Waals surface area contributed by atoms with Gasteiger partial charge < -0.3 is 4.79 Å². The van der Waals surface area contributed by atoms with E-state index in [0.29, 0.717) is 12.8 Å². The van der Waals surface area contributed by atoms with E-state index >= 15 is 0 Å². The molecule has 2 amide bonds. The van der Waals surface area contributed by atoms with Crippen molar-refractivity contribution in [3.05, 3.63) is 0 Å². The van der Waals surface area contributed by atoms with E-state index in [1.807, 2.05) is 6.92 Å². The summed E-state index contributed by atoms with van der Waals surface area (Å²) in [4.78, 5) is 31.6. The smallest absolute Gasteiger partial charge is 0.226 e. The molecule has 0 fully saturated rings. The highest BCUT2D eigenvalue weighted by Crippen LogP contribution is 2.12. The molecule has 0 rings (SSSR count). The predicted molar refractivity (Wildman–Crippen MR) is 47.9 cm³/mol. The van der Waals surface area contributed by atoms with Gasteiger partial charge in [0.15, 0.2) is 0 Å². The Morgan fingerprint density at radius 2 is 2.00 bits per heavy atom. The molecule has 0 aromatic heterocycles. The van der Waals surface area contributed by atoms with Crippen LogP contribution in [0.3, 0.4) is 0 Å². The van der Waals surface area contributed by atoms with Crippen LogP contribution < -0.4 is 5.32 Å². The van der Waals surface area contributed by atoms with Gasteiger partial charge in [-0.3, -0.25) is 14.9 Å². The quantitative estimate of drug-likeness (QED) is 0.618. The van der Waals surface area contributed by atoms with Crippen molar-refractivity contribution in [3.8, 4) is 0 Å². The number of Topliss-reactive ketones (excluding diaryl/α,β-unsaturated/α-hetero) is 1. The summed E-state index contributed by atoms with van der Waals surface area (Å²) >= 11 is 0. The van der Waals surface area contributed by atoms with Crippen molar-refractivity contribution in [3.63, 3.8) is 0 Å². The van der Waals surface area contributed by atoms with Gasteiger partial charge in [-0.25, -0.2) is 0 Å². The van der Waals surface area contributed by atoms with Crippen molar-refractivity contribution in [2.24, 2.45) is 5.92 Å². The SMILES string of the molecule is CCC(CC(C)=O)CC(=O)NC=O. The molecule has 0 heterocycles. The zero-order chi connectivity index (χ0) is 10.3. The van der Waals surface area contributed by atoms with Gasteiger partial charge in [0.2, 0.25) is 12.3 Å². The van der Waals surface area contributed by atoms with Crippen LogP contribution in [0.1, 0.15) is 33.1 Å². The fraction of sp³-hybridized carbons (Fsp3) is 0.667. The number of amides is 2. The first kappa shape index (κ1) is 11.8. The number of carbonyl (C=O) groups is 3. The number of carbonyl (C=O) groups excluding carboxylic acids is 3. The standard InChI is InChI=1S/C9H15NO3/c1-3-8(4-7(2)12)5-9(13)10-6-11/h6,8H,3-5H2,1-2H3,(H,10,11,13). The molecule has 0 aromatic carbocycles. The summed E-state index contributed by atoms with van der Waals surface area (Å²) in [5.41, 5.74) is 0. The summed E-state index contributed by atoms with van der Waals surface area (Å²) < 4.78 is 0. The van der Waals surface area contributed by atoms with Crippen LogP contribution in [0.5, 0.6) is 0 Å². The molecule has 0 radical (unpaired) electrons. The number of nitrogens with one attached hydrogen (secondary N) is 1. The summed E-state index contributed by atoms with van der Waals surface area (Å²) in [6, 6.07) is 0. The molecule has 0 aliphatic rings. The van der Waals surface area contributed by atoms with Crippen molar-refractivity contribution >= 4 is 18.1 Å². The maximum absolute atomic E-state index is 10.9. The van der Waals surface area contributed by atoms with E-state index < -0.39 is 0 Å². The van der Waals surface area contributed by atoms with Gasteiger partial charge in [0.25, 0.3) is 0 Å². The lowest BCUT2D eigenvalue weighted by Gasteiger charge is -2.10. The lowest BCUT2D eigenvalue weighted by Crippen LogP contribution is -2.24. The molecule has 4 nitrogen and oxygen atoms in total. The first-order valence-electron chi connectivity index (χ1n) is 4.32. The van der Waals surface area contributed by atoms with Crippen molar-refractivity contribution in [1.82, 2.24) is 5.32 Å². The number of hydrogen-bond donors (Lipinski definition) is 1. The first-order valence-corrected chi connectivity index (χ1v) is 4.32. The molecule has 0 aromatic rings. The topological polar surface area (TPSA) is 63.2 Å². The Labute approximate surface area is 77.7 Å². The molecule has 0 aliphatic carbocycles. The third-order valence-electron chi connectivity index (χ3n) is 1.85. The maximum atomic E-state index is 10.9. The molecule has 1 atom stereocenters. The third-order valence-corrected chi connectivity index (χ3v) is 1.85. The van der Waals surface area contributed by atoms with Crippen LogP contribution in [0.2, 0.25) is 0 Å². The van der Waals surface area contributed by atoms with E-state index in [4.69, 9.17) is 0 Å². The summed E-state index contributed by atoms with van der Waals surface area (Å²) in [5.74, 6) is -0.189. The molecule has 4 heteroatoms. The second-order valence-corrected chi connectivity index (χ2v) is 3.07. The Balaban J connectivity index is 3.89. The van der Waals surface area contributed by atoms with Crippen LogP contribution in [0.15, 0.2) is 0 Å². The minimum atomic E-state index is -0.317. The van der Waals surface area contributed by atoms with Crippen LogP contribution in [-0.4, -0.2) is 18.1 Å². The number of rotatable bonds is 6. The Morgan fingerprint density at radius 3 is 2.38 bits per heavy atom. The van der Waals surface area contributed by atoms with Gasteiger partial charge >= 0.3 is 0 Å². The van der Waals surface area contributed by atoms with E-state index in [-0.39, 0.29) is 24.0 Å². The number of imide groups is 1. The van der Waals surface area contributed by atoms with Crippen LogP contribution in [-0.2, 0) is 14.4 Å². The minimum Gasteiger partial charge on any atom is -0.300 e. The number of ketones is 1. The van der Waals surface area contributed by atoms with Gasteiger partial charge in [-0.15, -0.1) is 0 Å². The van der Waals surface area contributed by atoms with E-state index in [9.17, 15) is 14.4 Å². The van der Waals surface area contributed by atoms with E-state index in [1.165, 1.54) is 6.92 Å². The van der Waals surface area contributed by atoms with E-state index in [1.54, 1.807) is 0 Å². The summed E-state index contributed by atoms with van der Waals surface area (Å²) in [5, 5.41) is 2.05. The van der Waals surface area contributed by atoms with Gasteiger partial charge in [0.1, 0.15) is 5.78 Å². The monoisotopic (exact) mass is 185 g/mol. The average molecular weight is 185 g/mol. The predicted octanol–water partition coefficient (Wildman–Crippen LogP) is 0.654. The van der Waals surface area contributed by atoms with Crippen molar-refractivity contribution in [2.75, 3.05) is 0 Å². The van der Waals surface area contributed by atoms with Crippen LogP contribution in [0.25, 0.3) is 0 Å². The lowest BCUT2D eigenvalue weighted by atomic mass is 9.96. The van der Waals surface area contributed by atoms with Crippen molar-refractivity contribution in [1.29, 1.82) is 0 Å². The van der Waals surface area contributed by atoms with Gasteiger partial charge in [-0.05, 0) is 12.8 Å². The Morgan fingerprint density at radius 1 is 1.38 bits per heavy atom. The summed E-state index contributed by atoms with van der Waals surface area (Å²) in [6.45, 7) is 3.42. The van der Waals surface area contributed by atoms with E-state index in [2.05, 4.69) is 5.32 Å². The molecule has 1 N–H and O–H groups in total. The molecule has 0 saturated carbocycles. The fourth-order valence-corrected chi connectivity index (χ4v) is 1.15. The van der Waals surface area contributed by atoms with Crippen molar-refractivity contribution in [2.45, 2.75) is 33.1 Å². The average Bonchev–Trinajstić information content (AvgIpc) is 2.02. The van der Waals surface area contributed by atoms with Crippen molar-refractivity contribution < 1.29 is 14.4 Å². The van der Waals surface area contributed by atoms with Crippen LogP contribution in [0, 0.1) is 5.92 Å². The van der Waals surface area contributed by atoms with Gasteiger partial charge in [0.05, 0.1) is 0 Å². The minimum absolute atomic E-state index is 0.0532. The summed E-state index contributed by atoms with van der Waals surface area (Å²) in [6.07, 6.45) is 1.78. The lowest BCUT2D eigenvalue weighted by molar-refractivity contribution is -0.126. The molecule has 0 saturated heterocycles. The summed E-state index contributed by atoms with van der Waals surface area (Å²) in [7, 11) is 0. The zero-order valence-electron chi connectivity index (χ0n) is 8.00. The molecular weight excluding hydrogens is 170 g/mol. The molecule has 74 valence electrons. The Hall–Kier alpha value is -1.19. The molecule has 0 bridgehead atoms. The second kappa shape index (κ2) is 6.34. The van der Waals surface area contributed by atoms with Gasteiger partial charge in [-0.2, -0.15) is 0 Å². The van der Waals surface area contributed by atoms with Crippen LogP contribution in [0.4, 0.5) is 0 Å². The first-order chi connectivity index (χ1) is 6.10. The highest BCUT2D eigenvalue weighted by Gasteiger charge is 2.13. The molecule has 0 spiro atoms. The number of hydrogen-bond acceptors (Lipinski definition) is 3. The third kappa shape index (κ3) is 6.02. The van der Waals surface area contributed by atoms with Gasteiger partial charge in [0, 0.05) is 12.8 Å². The Bertz CT molecular complexity index is 201. The maximum Gasteiger partial charge on any atom is 0.226 e. The molecular formula is C9H15NO3. The zero-order valence-corrected chi connectivity index (χ0v) is 8.00. The molecule has 13 heavy (non-hydrogen) atoms. The molecule has 1 unspecified atom stereocenters. The highest BCUT2D eigenvalue weighted by atomic mass is 16.2. The second-order valence-electron chi connectivity index (χ2n) is 3.07.